The van der Waals surface area contributed by atoms with Crippen LogP contribution in [0.5, 0.6) is 0 Å². The molecule has 2 N–H and O–H groups in total. The molecule has 0 bridgehead atoms. The van der Waals surface area contributed by atoms with E-state index in [4.69, 9.17) is 0 Å². The van der Waals surface area contributed by atoms with E-state index in [1.54, 1.807) is 0 Å². The average molecular weight is 293 g/mol. The van der Waals surface area contributed by atoms with Crippen LogP contribution in [0.1, 0.15) is 73.1 Å². The molecule has 1 aliphatic rings. The van der Waals surface area contributed by atoms with Crippen molar-refractivity contribution >= 4 is 0 Å². The minimum absolute atomic E-state index is 0.234. The van der Waals surface area contributed by atoms with E-state index in [1.807, 2.05) is 0 Å². The minimum Gasteiger partial charge on any atom is -0.369 e. The first-order valence-electron chi connectivity index (χ1n) is 8.57. The summed E-state index contributed by atoms with van der Waals surface area (Å²) in [5, 5.41) is 7.16. The van der Waals surface area contributed by atoms with Gasteiger partial charge in [-0.3, -0.25) is 0 Å². The molecular formula is C19H36N2. The lowest BCUT2D eigenvalue weighted by Gasteiger charge is -2.41. The van der Waals surface area contributed by atoms with Gasteiger partial charge in [0, 0.05) is 6.04 Å². The van der Waals surface area contributed by atoms with Crippen molar-refractivity contribution in [3.63, 3.8) is 0 Å². The third-order valence-electron chi connectivity index (χ3n) is 5.11. The van der Waals surface area contributed by atoms with E-state index in [0.717, 1.165) is 12.2 Å². The van der Waals surface area contributed by atoms with Crippen LogP contribution in [0.4, 0.5) is 0 Å². The second kappa shape index (κ2) is 7.38. The summed E-state index contributed by atoms with van der Waals surface area (Å²) in [5.41, 5.74) is 0.547. The van der Waals surface area contributed by atoms with Crippen LogP contribution in [-0.2, 0) is 0 Å². The maximum Gasteiger partial charge on any atom is 0.0919 e. The summed E-state index contributed by atoms with van der Waals surface area (Å²) >= 11 is 0. The second-order valence-electron chi connectivity index (χ2n) is 8.02. The van der Waals surface area contributed by atoms with Crippen LogP contribution in [0, 0.1) is 10.8 Å². The Morgan fingerprint density at radius 3 is 2.19 bits per heavy atom. The Bertz CT molecular complexity index is 345. The summed E-state index contributed by atoms with van der Waals surface area (Å²) in [6.45, 7) is 19.7. The van der Waals surface area contributed by atoms with Crippen LogP contribution in [0.3, 0.4) is 0 Å². The predicted molar refractivity (Wildman–Crippen MR) is 94.1 cm³/mol. The van der Waals surface area contributed by atoms with Gasteiger partial charge in [0.05, 0.1) is 11.9 Å². The lowest BCUT2D eigenvalue weighted by Crippen LogP contribution is -2.48. The molecule has 2 unspecified atom stereocenters. The van der Waals surface area contributed by atoms with Gasteiger partial charge in [-0.15, -0.1) is 6.58 Å². The number of hydrogen-bond acceptors (Lipinski definition) is 2. The molecule has 0 aliphatic heterocycles. The zero-order chi connectivity index (χ0) is 16.1. The van der Waals surface area contributed by atoms with E-state index in [-0.39, 0.29) is 5.41 Å². The third-order valence-corrected chi connectivity index (χ3v) is 5.11. The van der Waals surface area contributed by atoms with Gasteiger partial charge >= 0.3 is 0 Å². The van der Waals surface area contributed by atoms with Crippen LogP contribution in [-0.4, -0.2) is 12.1 Å². The zero-order valence-electron chi connectivity index (χ0n) is 14.9. The maximum atomic E-state index is 4.20. The van der Waals surface area contributed by atoms with Crippen molar-refractivity contribution in [3.8, 4) is 0 Å². The minimum atomic E-state index is 0.234. The van der Waals surface area contributed by atoms with Gasteiger partial charge in [0.25, 0.3) is 0 Å². The Hall–Kier alpha value is -0.920. The van der Waals surface area contributed by atoms with Crippen LogP contribution < -0.4 is 10.6 Å². The molecule has 1 fully saturated rings. The van der Waals surface area contributed by atoms with E-state index < -0.39 is 0 Å². The molecule has 0 saturated heterocycles. The van der Waals surface area contributed by atoms with Crippen LogP contribution in [0.15, 0.2) is 25.1 Å². The van der Waals surface area contributed by atoms with Crippen molar-refractivity contribution in [3.05, 3.63) is 25.1 Å². The smallest absolute Gasteiger partial charge is 0.0919 e. The van der Waals surface area contributed by atoms with E-state index in [0.29, 0.717) is 17.5 Å². The summed E-state index contributed by atoms with van der Waals surface area (Å²) in [5.74, 6) is 0.938. The Morgan fingerprint density at radius 1 is 1.19 bits per heavy atom. The number of rotatable bonds is 7. The van der Waals surface area contributed by atoms with Gasteiger partial charge in [-0.1, -0.05) is 66.5 Å². The fraction of sp³-hybridized carbons (Fsp3) is 0.789. The topological polar surface area (TPSA) is 24.1 Å². The molecular weight excluding hydrogens is 256 g/mol. The molecule has 0 spiro atoms. The highest BCUT2D eigenvalue weighted by Gasteiger charge is 2.34. The summed E-state index contributed by atoms with van der Waals surface area (Å²) < 4.78 is 0. The highest BCUT2D eigenvalue weighted by atomic mass is 15.1. The summed E-state index contributed by atoms with van der Waals surface area (Å²) in [6, 6.07) is 0.734. The molecule has 0 aromatic heterocycles. The van der Waals surface area contributed by atoms with E-state index in [2.05, 4.69) is 64.5 Å². The van der Waals surface area contributed by atoms with Crippen molar-refractivity contribution in [2.24, 2.45) is 10.8 Å². The third kappa shape index (κ3) is 5.09. The summed E-state index contributed by atoms with van der Waals surface area (Å²) in [4.78, 5) is 0. The molecule has 1 rings (SSSR count). The first-order valence-corrected chi connectivity index (χ1v) is 8.57. The van der Waals surface area contributed by atoms with Crippen molar-refractivity contribution in [1.82, 2.24) is 10.6 Å². The van der Waals surface area contributed by atoms with Gasteiger partial charge < -0.3 is 10.6 Å². The average Bonchev–Trinajstić information content (AvgIpc) is 2.41. The highest BCUT2D eigenvalue weighted by molar-refractivity contribution is 5.06. The molecule has 2 heteroatoms. The molecule has 21 heavy (non-hydrogen) atoms. The molecule has 0 radical (unpaired) electrons. The van der Waals surface area contributed by atoms with E-state index in [9.17, 15) is 0 Å². The van der Waals surface area contributed by atoms with Gasteiger partial charge in [0.2, 0.25) is 0 Å². The van der Waals surface area contributed by atoms with Gasteiger partial charge in [-0.2, -0.15) is 0 Å². The highest BCUT2D eigenvalue weighted by Crippen LogP contribution is 2.39. The first-order chi connectivity index (χ1) is 9.73. The zero-order valence-corrected chi connectivity index (χ0v) is 14.9. The van der Waals surface area contributed by atoms with Crippen molar-refractivity contribution < 1.29 is 0 Å². The van der Waals surface area contributed by atoms with Gasteiger partial charge in [0.15, 0.2) is 0 Å². The maximum absolute atomic E-state index is 4.20. The predicted octanol–water partition coefficient (Wildman–Crippen LogP) is 4.99. The number of nitrogens with one attached hydrogen (secondary N) is 2. The Kier molecular flexibility index (Phi) is 6.37. The van der Waals surface area contributed by atoms with Crippen molar-refractivity contribution in [2.75, 3.05) is 0 Å². The molecule has 1 saturated carbocycles. The molecule has 2 nitrogen and oxygen atoms in total. The molecule has 122 valence electrons. The Labute approximate surface area is 132 Å². The molecule has 0 heterocycles. The van der Waals surface area contributed by atoms with Gasteiger partial charge in [-0.25, -0.2) is 0 Å². The first kappa shape index (κ1) is 18.1. The standard InChI is InChI=1S/C19H36N2/c1-8-16(18(4,5)6)20-15(3)21-17(9-2)19(7)13-11-10-12-14-19/h9,16-17,20-21H,2-3,8,10-14H2,1,4-7H3. The van der Waals surface area contributed by atoms with Crippen LogP contribution in [0.2, 0.25) is 0 Å². The fourth-order valence-electron chi connectivity index (χ4n) is 3.56. The molecule has 0 amide bonds. The quantitative estimate of drug-likeness (QED) is 0.646. The fourth-order valence-corrected chi connectivity index (χ4v) is 3.56. The Morgan fingerprint density at radius 2 is 1.76 bits per heavy atom. The van der Waals surface area contributed by atoms with Crippen LogP contribution in [0.25, 0.3) is 0 Å². The normalized spacial score (nSPS) is 21.2. The summed E-state index contributed by atoms with van der Waals surface area (Å²) in [7, 11) is 0. The summed E-state index contributed by atoms with van der Waals surface area (Å²) in [6.07, 6.45) is 9.77. The molecule has 0 aromatic carbocycles. The van der Waals surface area contributed by atoms with Crippen molar-refractivity contribution in [2.45, 2.75) is 85.2 Å². The SMILES string of the molecule is C=CC(NC(=C)NC(CC)C(C)(C)C)C1(C)CCCCC1. The number of hydrogen-bond donors (Lipinski definition) is 2. The largest absolute Gasteiger partial charge is 0.369 e. The monoisotopic (exact) mass is 292 g/mol. The van der Waals surface area contributed by atoms with E-state index in [1.165, 1.54) is 32.1 Å². The molecule has 2 atom stereocenters. The van der Waals surface area contributed by atoms with Crippen LogP contribution >= 0.6 is 0 Å². The lowest BCUT2D eigenvalue weighted by molar-refractivity contribution is 0.172. The van der Waals surface area contributed by atoms with Crippen molar-refractivity contribution in [1.29, 1.82) is 0 Å². The lowest BCUT2D eigenvalue weighted by atomic mass is 9.70. The molecule has 1 aliphatic carbocycles. The van der Waals surface area contributed by atoms with Gasteiger partial charge in [-0.05, 0) is 30.1 Å². The molecule has 0 aromatic rings. The van der Waals surface area contributed by atoms with E-state index >= 15 is 0 Å². The Balaban J connectivity index is 2.64. The van der Waals surface area contributed by atoms with Gasteiger partial charge in [0.1, 0.15) is 0 Å². The second-order valence-corrected chi connectivity index (χ2v) is 8.02.